The van der Waals surface area contributed by atoms with E-state index < -0.39 is 0 Å². The lowest BCUT2D eigenvalue weighted by molar-refractivity contribution is 0.843. The van der Waals surface area contributed by atoms with Gasteiger partial charge >= 0.3 is 0 Å². The first-order chi connectivity index (χ1) is 2.77. The first-order valence-corrected chi connectivity index (χ1v) is 2.57. The quantitative estimate of drug-likeness (QED) is 0.609. The van der Waals surface area contributed by atoms with Crippen molar-refractivity contribution in [3.05, 3.63) is 0 Å². The normalized spacial score (nSPS) is 8.57. The summed E-state index contributed by atoms with van der Waals surface area (Å²) in [7, 11) is 1.80. The second-order valence-electron chi connectivity index (χ2n) is 0.949. The summed E-state index contributed by atoms with van der Waals surface area (Å²) in [6, 6.07) is 0. The molecule has 0 spiro atoms. The third-order valence-corrected chi connectivity index (χ3v) is 0.667. The van der Waals surface area contributed by atoms with Crippen LogP contribution in [0.15, 0.2) is 0 Å². The summed E-state index contributed by atoms with van der Waals surface area (Å²) >= 11 is 10.6. The number of rotatable bonds is 2. The topological polar surface area (TPSA) is 12.0 Å². The molecule has 0 aliphatic heterocycles. The zero-order chi connectivity index (χ0) is 4.99. The first-order valence-electron chi connectivity index (χ1n) is 1.70. The molecule has 7 heavy (non-hydrogen) atoms. The summed E-state index contributed by atoms with van der Waals surface area (Å²) in [6.45, 7) is 0.656. The van der Waals surface area contributed by atoms with E-state index in [2.05, 4.69) is 5.32 Å². The molecule has 0 heterocycles. The van der Waals surface area contributed by atoms with Gasteiger partial charge in [-0.15, -0.1) is 35.6 Å². The van der Waals surface area contributed by atoms with E-state index >= 15 is 0 Å². The van der Waals surface area contributed by atoms with Gasteiger partial charge in [-0.25, -0.2) is 0 Å². The van der Waals surface area contributed by atoms with Crippen molar-refractivity contribution in [2.24, 2.45) is 0 Å². The maximum Gasteiger partial charge on any atom is 0.120 e. The minimum Gasteiger partial charge on any atom is -0.317 e. The molecule has 0 aliphatic carbocycles. The Kier molecular flexibility index (Phi) is 10.5. The van der Waals surface area contributed by atoms with Gasteiger partial charge in [0, 0.05) is 6.54 Å². The van der Waals surface area contributed by atoms with Crippen molar-refractivity contribution in [2.75, 3.05) is 13.6 Å². The van der Waals surface area contributed by atoms with E-state index in [1.165, 1.54) is 0 Å². The largest absolute Gasteiger partial charge is 0.317 e. The highest BCUT2D eigenvalue weighted by molar-refractivity contribution is 6.44. The van der Waals surface area contributed by atoms with E-state index in [0.29, 0.717) is 6.54 Å². The molecular formula is C3H8Cl3N. The van der Waals surface area contributed by atoms with E-state index in [0.717, 1.165) is 0 Å². The summed E-state index contributed by atoms with van der Waals surface area (Å²) in [4.78, 5) is -0.269. The molecule has 0 bridgehead atoms. The summed E-state index contributed by atoms with van der Waals surface area (Å²) in [5.41, 5.74) is 0. The standard InChI is InChI=1S/C3H7Cl2N.ClH/c1-6-2-3(4)5;/h3,6H,2H2,1H3;1H. The van der Waals surface area contributed by atoms with Crippen LogP contribution in [0, 0.1) is 0 Å². The Labute approximate surface area is 59.8 Å². The highest BCUT2D eigenvalue weighted by Crippen LogP contribution is 1.96. The van der Waals surface area contributed by atoms with Gasteiger partial charge in [-0.1, -0.05) is 0 Å². The zero-order valence-electron chi connectivity index (χ0n) is 3.95. The van der Waals surface area contributed by atoms with Crippen molar-refractivity contribution in [2.45, 2.75) is 4.84 Å². The van der Waals surface area contributed by atoms with Crippen LogP contribution in [0.3, 0.4) is 0 Å². The van der Waals surface area contributed by atoms with Gasteiger partial charge in [0.05, 0.1) is 0 Å². The molecule has 0 saturated carbocycles. The number of alkyl halides is 2. The Morgan fingerprint density at radius 3 is 2.00 bits per heavy atom. The van der Waals surface area contributed by atoms with E-state index in [4.69, 9.17) is 23.2 Å². The van der Waals surface area contributed by atoms with Crippen molar-refractivity contribution in [1.82, 2.24) is 5.32 Å². The number of halogens is 3. The molecule has 0 fully saturated rings. The zero-order valence-corrected chi connectivity index (χ0v) is 6.28. The van der Waals surface area contributed by atoms with Crippen LogP contribution in [0.2, 0.25) is 0 Å². The Morgan fingerprint density at radius 2 is 2.00 bits per heavy atom. The Bertz CT molecular complexity index is 31.4. The second kappa shape index (κ2) is 6.83. The molecule has 0 unspecified atom stereocenters. The predicted octanol–water partition coefficient (Wildman–Crippen LogP) is 1.43. The smallest absolute Gasteiger partial charge is 0.120 e. The Morgan fingerprint density at radius 1 is 1.57 bits per heavy atom. The summed E-state index contributed by atoms with van der Waals surface area (Å²) < 4.78 is 0. The molecular weight excluding hydrogens is 156 g/mol. The maximum absolute atomic E-state index is 5.28. The summed E-state index contributed by atoms with van der Waals surface area (Å²) in [5, 5.41) is 2.80. The fourth-order valence-corrected chi connectivity index (χ4v) is 0.463. The molecule has 0 saturated heterocycles. The van der Waals surface area contributed by atoms with Gasteiger partial charge in [-0.3, -0.25) is 0 Å². The molecule has 46 valence electrons. The van der Waals surface area contributed by atoms with E-state index in [-0.39, 0.29) is 17.2 Å². The van der Waals surface area contributed by atoms with Crippen LogP contribution >= 0.6 is 35.6 Å². The highest BCUT2D eigenvalue weighted by Gasteiger charge is 1.90. The molecule has 4 heteroatoms. The van der Waals surface area contributed by atoms with Crippen molar-refractivity contribution in [3.8, 4) is 0 Å². The molecule has 1 nitrogen and oxygen atoms in total. The van der Waals surface area contributed by atoms with Gasteiger partial charge in [-0.2, -0.15) is 0 Å². The summed E-state index contributed by atoms with van der Waals surface area (Å²) in [6.07, 6.45) is 0. The first kappa shape index (κ1) is 10.7. The number of nitrogens with one attached hydrogen (secondary N) is 1. The SMILES string of the molecule is CNCC(Cl)Cl.Cl. The molecule has 0 amide bonds. The highest BCUT2D eigenvalue weighted by atomic mass is 35.5. The van der Waals surface area contributed by atoms with Gasteiger partial charge in [0.15, 0.2) is 0 Å². The molecule has 0 aliphatic rings. The molecule has 0 radical (unpaired) electrons. The second-order valence-corrected chi connectivity index (χ2v) is 2.23. The molecule has 0 rings (SSSR count). The fourth-order valence-electron chi connectivity index (χ4n) is 0.154. The predicted molar refractivity (Wildman–Crippen MR) is 36.7 cm³/mol. The van der Waals surface area contributed by atoms with Gasteiger partial charge in [0.2, 0.25) is 0 Å². The van der Waals surface area contributed by atoms with Crippen molar-refractivity contribution >= 4 is 35.6 Å². The minimum atomic E-state index is -0.269. The molecule has 0 aromatic carbocycles. The van der Waals surface area contributed by atoms with Crippen LogP contribution in [-0.2, 0) is 0 Å². The van der Waals surface area contributed by atoms with Crippen molar-refractivity contribution in [1.29, 1.82) is 0 Å². The summed E-state index contributed by atoms with van der Waals surface area (Å²) in [5.74, 6) is 0. The number of hydrogen-bond acceptors (Lipinski definition) is 1. The van der Waals surface area contributed by atoms with Crippen LogP contribution in [0.25, 0.3) is 0 Å². The molecule has 0 atom stereocenters. The van der Waals surface area contributed by atoms with Gasteiger partial charge < -0.3 is 5.32 Å². The van der Waals surface area contributed by atoms with Crippen LogP contribution in [0.5, 0.6) is 0 Å². The average molecular weight is 164 g/mol. The van der Waals surface area contributed by atoms with E-state index in [1.54, 1.807) is 7.05 Å². The van der Waals surface area contributed by atoms with Crippen LogP contribution in [0.4, 0.5) is 0 Å². The monoisotopic (exact) mass is 163 g/mol. The minimum absolute atomic E-state index is 0. The van der Waals surface area contributed by atoms with Gasteiger partial charge in [0.25, 0.3) is 0 Å². The lowest BCUT2D eigenvalue weighted by Gasteiger charge is -1.93. The van der Waals surface area contributed by atoms with E-state index in [1.807, 2.05) is 0 Å². The van der Waals surface area contributed by atoms with Crippen LogP contribution in [0.1, 0.15) is 0 Å². The molecule has 0 aromatic rings. The lowest BCUT2D eigenvalue weighted by Crippen LogP contribution is -2.13. The molecule has 1 N–H and O–H groups in total. The van der Waals surface area contributed by atoms with Gasteiger partial charge in [-0.05, 0) is 7.05 Å². The van der Waals surface area contributed by atoms with Crippen molar-refractivity contribution < 1.29 is 0 Å². The average Bonchev–Trinajstić information content (AvgIpc) is 1.35. The third-order valence-electron chi connectivity index (χ3n) is 0.358. The molecule has 0 aromatic heterocycles. The van der Waals surface area contributed by atoms with Crippen molar-refractivity contribution in [3.63, 3.8) is 0 Å². The maximum atomic E-state index is 5.28. The van der Waals surface area contributed by atoms with Crippen LogP contribution in [-0.4, -0.2) is 18.4 Å². The van der Waals surface area contributed by atoms with Gasteiger partial charge in [0.1, 0.15) is 4.84 Å². The third kappa shape index (κ3) is 10.9. The van der Waals surface area contributed by atoms with Crippen LogP contribution < -0.4 is 5.32 Å². The fraction of sp³-hybridized carbons (Fsp3) is 1.00. The lowest BCUT2D eigenvalue weighted by atomic mass is 10.8. The Hall–Kier alpha value is 0.830. The number of hydrogen-bond donors (Lipinski definition) is 1. The Balaban J connectivity index is 0. The van der Waals surface area contributed by atoms with E-state index in [9.17, 15) is 0 Å².